The molecule has 19 heavy (non-hydrogen) atoms. The minimum atomic E-state index is -4.59. The predicted octanol–water partition coefficient (Wildman–Crippen LogP) is 2.46. The average molecular weight is 294 g/mol. The highest BCUT2D eigenvalue weighted by Gasteiger charge is 2.35. The second-order valence-corrected chi connectivity index (χ2v) is 5.93. The van der Waals surface area contributed by atoms with Gasteiger partial charge < -0.3 is 0 Å². The van der Waals surface area contributed by atoms with Crippen LogP contribution in [-0.4, -0.2) is 25.8 Å². The number of benzene rings is 1. The summed E-state index contributed by atoms with van der Waals surface area (Å²) in [5.41, 5.74) is -1.43. The molecule has 1 saturated heterocycles. The van der Waals surface area contributed by atoms with Gasteiger partial charge in [-0.15, -0.1) is 0 Å². The maximum Gasteiger partial charge on any atom is 0.418 e. The van der Waals surface area contributed by atoms with Gasteiger partial charge in [0.25, 0.3) is 0 Å². The van der Waals surface area contributed by atoms with Crippen LogP contribution in [0.25, 0.3) is 0 Å². The van der Waals surface area contributed by atoms with Crippen LogP contribution in [0.15, 0.2) is 24.3 Å². The van der Waals surface area contributed by atoms with Gasteiger partial charge in [0.2, 0.25) is 0 Å². The van der Waals surface area contributed by atoms with Crippen LogP contribution in [0.3, 0.4) is 0 Å². The zero-order chi connectivity index (χ0) is 14.1. The van der Waals surface area contributed by atoms with Crippen molar-refractivity contribution in [3.63, 3.8) is 0 Å². The van der Waals surface area contributed by atoms with Crippen molar-refractivity contribution in [2.45, 2.75) is 19.0 Å². The van der Waals surface area contributed by atoms with Gasteiger partial charge in [-0.05, 0) is 25.0 Å². The average Bonchev–Trinajstić information content (AvgIpc) is 2.81. The molecule has 0 amide bonds. The highest BCUT2D eigenvalue weighted by Crippen LogP contribution is 2.35. The van der Waals surface area contributed by atoms with E-state index in [1.165, 1.54) is 12.1 Å². The molecule has 0 unspecified atom stereocenters. The molecule has 0 spiro atoms. The molecular weight excluding hydrogens is 281 g/mol. The second kappa shape index (κ2) is 5.01. The third-order valence-corrected chi connectivity index (χ3v) is 4.40. The van der Waals surface area contributed by atoms with Crippen molar-refractivity contribution in [3.8, 4) is 0 Å². The van der Waals surface area contributed by atoms with Gasteiger partial charge in [-0.25, -0.2) is 0 Å². The minimum Gasteiger partial charge on any atom is -0.270 e. The normalized spacial score (nSPS) is 17.6. The standard InChI is InChI=1S/C11H13F3N2O2S/c12-11(13,14)9-5-1-2-6-10(9)15-19(17,18)16-7-3-4-8-16/h1-2,5-6,15H,3-4,7-8H2. The lowest BCUT2D eigenvalue weighted by Crippen LogP contribution is -2.34. The van der Waals surface area contributed by atoms with Crippen LogP contribution >= 0.6 is 0 Å². The third-order valence-electron chi connectivity index (χ3n) is 2.88. The summed E-state index contributed by atoms with van der Waals surface area (Å²) >= 11 is 0. The topological polar surface area (TPSA) is 49.4 Å². The zero-order valence-corrected chi connectivity index (χ0v) is 10.8. The Morgan fingerprint density at radius 1 is 1.11 bits per heavy atom. The lowest BCUT2D eigenvalue weighted by Gasteiger charge is -2.19. The lowest BCUT2D eigenvalue weighted by molar-refractivity contribution is -0.136. The van der Waals surface area contributed by atoms with Crippen molar-refractivity contribution in [3.05, 3.63) is 29.8 Å². The molecule has 0 saturated carbocycles. The summed E-state index contributed by atoms with van der Waals surface area (Å²) < 4.78 is 65.3. The van der Waals surface area contributed by atoms with Crippen LogP contribution in [0, 0.1) is 0 Å². The molecule has 0 bridgehead atoms. The number of para-hydroxylation sites is 1. The highest BCUT2D eigenvalue weighted by atomic mass is 32.2. The first-order chi connectivity index (χ1) is 8.81. The zero-order valence-electron chi connectivity index (χ0n) is 9.94. The van der Waals surface area contributed by atoms with Crippen molar-refractivity contribution < 1.29 is 21.6 Å². The first-order valence-electron chi connectivity index (χ1n) is 5.75. The van der Waals surface area contributed by atoms with E-state index in [1.807, 2.05) is 4.72 Å². The van der Waals surface area contributed by atoms with Crippen LogP contribution < -0.4 is 4.72 Å². The first kappa shape index (κ1) is 14.1. The molecule has 1 aromatic carbocycles. The number of hydrogen-bond acceptors (Lipinski definition) is 2. The fourth-order valence-electron chi connectivity index (χ4n) is 1.95. The Balaban J connectivity index is 2.29. The van der Waals surface area contributed by atoms with Gasteiger partial charge in [0, 0.05) is 13.1 Å². The molecule has 4 nitrogen and oxygen atoms in total. The van der Waals surface area contributed by atoms with Gasteiger partial charge >= 0.3 is 16.4 Å². The van der Waals surface area contributed by atoms with E-state index in [1.54, 1.807) is 0 Å². The van der Waals surface area contributed by atoms with Gasteiger partial charge in [-0.1, -0.05) is 12.1 Å². The van der Waals surface area contributed by atoms with Crippen LogP contribution in [-0.2, 0) is 16.4 Å². The van der Waals surface area contributed by atoms with Crippen LogP contribution in [0.2, 0.25) is 0 Å². The molecule has 1 aromatic rings. The second-order valence-electron chi connectivity index (χ2n) is 4.26. The molecule has 106 valence electrons. The summed E-state index contributed by atoms with van der Waals surface area (Å²) in [5, 5.41) is 0. The summed E-state index contributed by atoms with van der Waals surface area (Å²) in [6, 6.07) is 4.53. The highest BCUT2D eigenvalue weighted by molar-refractivity contribution is 7.90. The molecule has 2 rings (SSSR count). The van der Waals surface area contributed by atoms with E-state index >= 15 is 0 Å². The fourth-order valence-corrected chi connectivity index (χ4v) is 3.28. The smallest absolute Gasteiger partial charge is 0.270 e. The number of halogens is 3. The fraction of sp³-hybridized carbons (Fsp3) is 0.455. The van der Waals surface area contributed by atoms with Crippen molar-refractivity contribution in [2.24, 2.45) is 0 Å². The SMILES string of the molecule is O=S(=O)(Nc1ccccc1C(F)(F)F)N1CCCC1. The Bertz CT molecular complexity index is 551. The monoisotopic (exact) mass is 294 g/mol. The third kappa shape index (κ3) is 3.19. The number of rotatable bonds is 3. The van der Waals surface area contributed by atoms with Gasteiger partial charge in [-0.3, -0.25) is 4.72 Å². The molecule has 0 aromatic heterocycles. The summed E-state index contributed by atoms with van der Waals surface area (Å²) in [7, 11) is -3.91. The van der Waals surface area contributed by atoms with Crippen LogP contribution in [0.5, 0.6) is 0 Å². The maximum atomic E-state index is 12.8. The Kier molecular flexibility index (Phi) is 3.73. The summed E-state index contributed by atoms with van der Waals surface area (Å²) in [5.74, 6) is 0. The summed E-state index contributed by atoms with van der Waals surface area (Å²) in [6.45, 7) is 0.674. The molecular formula is C11H13F3N2O2S. The molecule has 8 heteroatoms. The molecule has 1 fully saturated rings. The van der Waals surface area contributed by atoms with Crippen molar-refractivity contribution in [1.82, 2.24) is 4.31 Å². The number of hydrogen-bond donors (Lipinski definition) is 1. The summed E-state index contributed by atoms with van der Waals surface area (Å²) in [4.78, 5) is 0. The summed E-state index contributed by atoms with van der Waals surface area (Å²) in [6.07, 6.45) is -3.15. The largest absolute Gasteiger partial charge is 0.418 e. The lowest BCUT2D eigenvalue weighted by atomic mass is 10.2. The van der Waals surface area contributed by atoms with Crippen molar-refractivity contribution in [1.29, 1.82) is 0 Å². The quantitative estimate of drug-likeness (QED) is 0.931. The Hall–Kier alpha value is -1.28. The molecule has 1 aliphatic heterocycles. The van der Waals surface area contributed by atoms with Gasteiger partial charge in [0.05, 0.1) is 11.3 Å². The molecule has 0 radical (unpaired) electrons. The van der Waals surface area contributed by atoms with Crippen LogP contribution in [0.4, 0.5) is 18.9 Å². The molecule has 1 aliphatic rings. The van der Waals surface area contributed by atoms with E-state index < -0.39 is 27.6 Å². The van der Waals surface area contributed by atoms with Crippen molar-refractivity contribution >= 4 is 15.9 Å². The molecule has 0 atom stereocenters. The molecule has 1 heterocycles. The maximum absolute atomic E-state index is 12.8. The number of alkyl halides is 3. The minimum absolute atomic E-state index is 0.337. The Labute approximate surface area is 109 Å². The molecule has 1 N–H and O–H groups in total. The van der Waals surface area contributed by atoms with Gasteiger partial charge in [0.1, 0.15) is 0 Å². The number of nitrogens with one attached hydrogen (secondary N) is 1. The van der Waals surface area contributed by atoms with Gasteiger partial charge in [0.15, 0.2) is 0 Å². The predicted molar refractivity (Wildman–Crippen MR) is 64.8 cm³/mol. The van der Waals surface area contributed by atoms with E-state index in [0.29, 0.717) is 13.1 Å². The van der Waals surface area contributed by atoms with Crippen molar-refractivity contribution in [2.75, 3.05) is 17.8 Å². The van der Waals surface area contributed by atoms with E-state index in [-0.39, 0.29) is 0 Å². The molecule has 0 aliphatic carbocycles. The van der Waals surface area contributed by atoms with E-state index in [4.69, 9.17) is 0 Å². The van der Waals surface area contributed by atoms with E-state index in [9.17, 15) is 21.6 Å². The number of anilines is 1. The van der Waals surface area contributed by atoms with E-state index in [0.717, 1.165) is 29.3 Å². The Morgan fingerprint density at radius 2 is 1.68 bits per heavy atom. The Morgan fingerprint density at radius 3 is 2.26 bits per heavy atom. The van der Waals surface area contributed by atoms with Gasteiger partial charge in [-0.2, -0.15) is 25.9 Å². The van der Waals surface area contributed by atoms with Crippen LogP contribution in [0.1, 0.15) is 18.4 Å². The first-order valence-corrected chi connectivity index (χ1v) is 7.19. The van der Waals surface area contributed by atoms with E-state index in [2.05, 4.69) is 0 Å². The number of nitrogens with zero attached hydrogens (tertiary/aromatic N) is 1.